The van der Waals surface area contributed by atoms with Crippen LogP contribution in [0.25, 0.3) is 22.2 Å². The van der Waals surface area contributed by atoms with Crippen LogP contribution >= 0.6 is 0 Å². The predicted molar refractivity (Wildman–Crippen MR) is 155 cm³/mol. The molecule has 196 valence electrons. The van der Waals surface area contributed by atoms with E-state index >= 15 is 0 Å². The average molecular weight is 509 g/mol. The van der Waals surface area contributed by atoms with Crippen molar-refractivity contribution in [2.45, 2.75) is 19.8 Å². The number of methoxy groups -OCH3 is 1. The van der Waals surface area contributed by atoms with E-state index < -0.39 is 0 Å². The number of carbonyl (C=O) groups is 1. The van der Waals surface area contributed by atoms with E-state index in [0.717, 1.165) is 60.6 Å². The minimum absolute atomic E-state index is 0.0593. The van der Waals surface area contributed by atoms with Crippen molar-refractivity contribution in [3.63, 3.8) is 0 Å². The van der Waals surface area contributed by atoms with Crippen LogP contribution in [0.4, 0.5) is 5.69 Å². The van der Waals surface area contributed by atoms with Crippen LogP contribution in [0.15, 0.2) is 78.9 Å². The molecule has 1 fully saturated rings. The topological polar surface area (TPSA) is 57.7 Å². The van der Waals surface area contributed by atoms with Gasteiger partial charge in [-0.15, -0.1) is 0 Å². The van der Waals surface area contributed by atoms with Crippen molar-refractivity contribution in [2.75, 3.05) is 51.3 Å². The van der Waals surface area contributed by atoms with E-state index in [1.165, 1.54) is 11.3 Å². The van der Waals surface area contributed by atoms with E-state index in [1.807, 2.05) is 36.4 Å². The van der Waals surface area contributed by atoms with Crippen LogP contribution in [0.5, 0.6) is 5.75 Å². The van der Waals surface area contributed by atoms with Crippen molar-refractivity contribution >= 4 is 22.5 Å². The van der Waals surface area contributed by atoms with Crippen LogP contribution in [0.3, 0.4) is 0 Å². The van der Waals surface area contributed by atoms with Gasteiger partial charge in [0.2, 0.25) is 0 Å². The number of aromatic nitrogens is 1. The fraction of sp³-hybridized carbons (Fsp3) is 0.312. The Morgan fingerprint density at radius 1 is 0.947 bits per heavy atom. The summed E-state index contributed by atoms with van der Waals surface area (Å²) in [7, 11) is 1.65. The smallest absolute Gasteiger partial charge is 0.252 e. The average Bonchev–Trinajstić information content (AvgIpc) is 2.97. The first-order chi connectivity index (χ1) is 18.5. The number of para-hydroxylation sites is 1. The molecule has 1 N–H and O–H groups in total. The van der Waals surface area contributed by atoms with Crippen LogP contribution in [0.2, 0.25) is 0 Å². The number of anilines is 1. The minimum atomic E-state index is -0.0593. The van der Waals surface area contributed by atoms with Gasteiger partial charge in [-0.05, 0) is 66.1 Å². The molecule has 1 aromatic heterocycles. The first-order valence-electron chi connectivity index (χ1n) is 13.4. The number of benzene rings is 3. The zero-order valence-electron chi connectivity index (χ0n) is 22.5. The molecule has 4 aromatic rings. The molecule has 1 saturated heterocycles. The van der Waals surface area contributed by atoms with E-state index in [2.05, 4.69) is 71.4 Å². The monoisotopic (exact) mass is 508 g/mol. The van der Waals surface area contributed by atoms with Crippen LogP contribution in [-0.2, 0) is 0 Å². The van der Waals surface area contributed by atoms with E-state index in [-0.39, 0.29) is 5.91 Å². The number of amides is 1. The van der Waals surface area contributed by atoms with E-state index in [1.54, 1.807) is 7.11 Å². The lowest BCUT2D eigenvalue weighted by Crippen LogP contribution is -2.48. The largest absolute Gasteiger partial charge is 0.497 e. The zero-order chi connectivity index (χ0) is 26.5. The summed E-state index contributed by atoms with van der Waals surface area (Å²) in [6.45, 7) is 9.74. The lowest BCUT2D eigenvalue weighted by Gasteiger charge is -2.36. The molecule has 0 spiro atoms. The molecule has 6 heteroatoms. The fourth-order valence-corrected chi connectivity index (χ4v) is 4.99. The summed E-state index contributed by atoms with van der Waals surface area (Å²) in [5.41, 5.74) is 5.69. The summed E-state index contributed by atoms with van der Waals surface area (Å²) in [5.74, 6) is 1.10. The van der Waals surface area contributed by atoms with Crippen molar-refractivity contribution in [2.24, 2.45) is 0 Å². The molecule has 0 aliphatic carbocycles. The third kappa shape index (κ3) is 5.81. The van der Waals surface area contributed by atoms with Gasteiger partial charge < -0.3 is 15.0 Å². The predicted octanol–water partition coefficient (Wildman–Crippen LogP) is 5.59. The number of nitrogens with one attached hydrogen (secondary N) is 1. The number of hydrogen-bond acceptors (Lipinski definition) is 5. The van der Waals surface area contributed by atoms with E-state index in [4.69, 9.17) is 9.72 Å². The number of ether oxygens (including phenoxy) is 1. The second-order valence-corrected chi connectivity index (χ2v) is 10.1. The van der Waals surface area contributed by atoms with Gasteiger partial charge in [0.25, 0.3) is 5.91 Å². The molecular weight excluding hydrogens is 472 g/mol. The second kappa shape index (κ2) is 11.7. The third-order valence-electron chi connectivity index (χ3n) is 7.34. The Kier molecular flexibility index (Phi) is 7.89. The van der Waals surface area contributed by atoms with E-state index in [9.17, 15) is 4.79 Å². The van der Waals surface area contributed by atoms with Crippen molar-refractivity contribution in [3.8, 4) is 17.0 Å². The molecule has 0 bridgehead atoms. The maximum absolute atomic E-state index is 13.5. The summed E-state index contributed by atoms with van der Waals surface area (Å²) in [6, 6.07) is 26.5. The maximum Gasteiger partial charge on any atom is 0.252 e. The summed E-state index contributed by atoms with van der Waals surface area (Å²) < 4.78 is 5.30. The second-order valence-electron chi connectivity index (χ2n) is 10.1. The number of carbonyl (C=O) groups excluding carboxylic acids is 1. The minimum Gasteiger partial charge on any atom is -0.497 e. The Hall–Kier alpha value is -3.90. The number of fused-ring (bicyclic) bond motifs is 1. The van der Waals surface area contributed by atoms with Gasteiger partial charge in [0.1, 0.15) is 5.75 Å². The van der Waals surface area contributed by atoms with Crippen LogP contribution in [0, 0.1) is 0 Å². The highest BCUT2D eigenvalue weighted by Crippen LogP contribution is 2.29. The summed E-state index contributed by atoms with van der Waals surface area (Å²) >= 11 is 0. The first kappa shape index (κ1) is 25.7. The molecule has 6 nitrogen and oxygen atoms in total. The normalized spacial score (nSPS) is 14.2. The molecule has 0 unspecified atom stereocenters. The number of hydrogen-bond donors (Lipinski definition) is 1. The van der Waals surface area contributed by atoms with Gasteiger partial charge in [0, 0.05) is 55.9 Å². The molecule has 38 heavy (non-hydrogen) atoms. The fourth-order valence-electron chi connectivity index (χ4n) is 4.99. The van der Waals surface area contributed by atoms with Gasteiger partial charge in [0.15, 0.2) is 0 Å². The highest BCUT2D eigenvalue weighted by atomic mass is 16.5. The zero-order valence-corrected chi connectivity index (χ0v) is 22.5. The summed E-state index contributed by atoms with van der Waals surface area (Å²) in [6.07, 6.45) is 0. The van der Waals surface area contributed by atoms with Gasteiger partial charge in [-0.3, -0.25) is 9.69 Å². The Bertz CT molecular complexity index is 1380. The van der Waals surface area contributed by atoms with Crippen LogP contribution < -0.4 is 15.0 Å². The van der Waals surface area contributed by atoms with Crippen molar-refractivity contribution < 1.29 is 9.53 Å². The summed E-state index contributed by atoms with van der Waals surface area (Å²) in [4.78, 5) is 23.3. The molecule has 0 radical (unpaired) electrons. The molecular formula is C32H36N4O2. The van der Waals surface area contributed by atoms with Crippen molar-refractivity contribution in [3.05, 3.63) is 90.0 Å². The van der Waals surface area contributed by atoms with Gasteiger partial charge in [-0.1, -0.05) is 38.1 Å². The van der Waals surface area contributed by atoms with Crippen molar-refractivity contribution in [1.82, 2.24) is 15.2 Å². The number of rotatable bonds is 8. The van der Waals surface area contributed by atoms with Gasteiger partial charge in [-0.2, -0.15) is 0 Å². The molecule has 5 rings (SSSR count). The first-order valence-corrected chi connectivity index (χ1v) is 13.4. The Morgan fingerprint density at radius 3 is 2.37 bits per heavy atom. The van der Waals surface area contributed by atoms with Gasteiger partial charge >= 0.3 is 0 Å². The summed E-state index contributed by atoms with van der Waals surface area (Å²) in [5, 5.41) is 4.08. The molecule has 2 heterocycles. The lowest BCUT2D eigenvalue weighted by molar-refractivity contribution is 0.0949. The molecule has 1 aliphatic heterocycles. The highest BCUT2D eigenvalue weighted by Gasteiger charge is 2.19. The number of nitrogens with zero attached hydrogens (tertiary/aromatic N) is 3. The SMILES string of the molecule is COc1ccc(-c2cc(C(=O)NCCN3CCN(c4ccccc4)CC3)c3cc(C(C)C)ccc3n2)cc1. The Morgan fingerprint density at radius 2 is 1.68 bits per heavy atom. The van der Waals surface area contributed by atoms with Gasteiger partial charge in [0.05, 0.1) is 23.9 Å². The third-order valence-corrected chi connectivity index (χ3v) is 7.34. The highest BCUT2D eigenvalue weighted by molar-refractivity contribution is 6.07. The van der Waals surface area contributed by atoms with Crippen LogP contribution in [0.1, 0.15) is 35.7 Å². The Balaban J connectivity index is 1.30. The molecule has 1 amide bonds. The Labute approximate surface area is 225 Å². The molecule has 1 aliphatic rings. The molecule has 3 aromatic carbocycles. The van der Waals surface area contributed by atoms with Crippen molar-refractivity contribution in [1.29, 1.82) is 0 Å². The van der Waals surface area contributed by atoms with Crippen LogP contribution in [-0.4, -0.2) is 62.2 Å². The quantitative estimate of drug-likeness (QED) is 0.336. The number of pyridine rings is 1. The van der Waals surface area contributed by atoms with E-state index in [0.29, 0.717) is 18.0 Å². The number of piperazine rings is 1. The van der Waals surface area contributed by atoms with Gasteiger partial charge in [-0.25, -0.2) is 4.98 Å². The maximum atomic E-state index is 13.5. The molecule has 0 atom stereocenters. The lowest BCUT2D eigenvalue weighted by atomic mass is 9.97. The standard InChI is InChI=1S/C32H36N4O2/c1-23(2)25-11-14-30-28(21-25)29(22-31(34-30)24-9-12-27(38-3)13-10-24)32(37)33-15-16-35-17-19-36(20-18-35)26-7-5-4-6-8-26/h4-14,21-23H,15-20H2,1-3H3,(H,33,37). The molecule has 0 saturated carbocycles.